The Labute approximate surface area is 134 Å². The van der Waals surface area contributed by atoms with Crippen LogP contribution in [0, 0.1) is 0 Å². The topological polar surface area (TPSA) is 82.1 Å². The minimum Gasteiger partial charge on any atom is -0.445 e. The van der Waals surface area contributed by atoms with E-state index < -0.39 is 5.60 Å². The van der Waals surface area contributed by atoms with Crippen molar-refractivity contribution in [2.45, 2.75) is 24.6 Å². The van der Waals surface area contributed by atoms with Crippen LogP contribution < -0.4 is 10.2 Å². The Morgan fingerprint density at radius 2 is 2.00 bits per heavy atom. The molecule has 1 aromatic carbocycles. The highest BCUT2D eigenvalue weighted by atomic mass is 16.6. The Morgan fingerprint density at radius 1 is 1.30 bits per heavy atom. The maximum absolute atomic E-state index is 12.1. The van der Waals surface area contributed by atoms with E-state index in [9.17, 15) is 14.7 Å². The molecule has 23 heavy (non-hydrogen) atoms. The van der Waals surface area contributed by atoms with Crippen molar-refractivity contribution < 1.29 is 19.4 Å². The number of rotatable bonds is 5. The highest BCUT2D eigenvalue weighted by Crippen LogP contribution is 2.29. The third kappa shape index (κ3) is 3.30. The summed E-state index contributed by atoms with van der Waals surface area (Å²) in [6.45, 7) is 1.86. The minimum atomic E-state index is -0.877. The second kappa shape index (κ2) is 6.55. The quantitative estimate of drug-likeness (QED) is 0.774. The molecule has 2 saturated heterocycles. The Hall–Kier alpha value is -2.12. The summed E-state index contributed by atoms with van der Waals surface area (Å²) in [5.41, 5.74) is -0.0678. The van der Waals surface area contributed by atoms with Gasteiger partial charge in [-0.25, -0.2) is 4.79 Å². The number of carbonyl (C=O) groups excluding carboxylic acids is 2. The van der Waals surface area contributed by atoms with Crippen molar-refractivity contribution in [2.24, 2.45) is 0 Å². The second-order valence-electron chi connectivity index (χ2n) is 6.02. The first kappa shape index (κ1) is 15.8. The van der Waals surface area contributed by atoms with Crippen LogP contribution in [0.2, 0.25) is 0 Å². The molecule has 2 aliphatic heterocycles. The van der Waals surface area contributed by atoms with Gasteiger partial charge in [0.1, 0.15) is 12.8 Å². The molecule has 0 spiro atoms. The predicted molar refractivity (Wildman–Crippen MR) is 83.9 cm³/mol. The van der Waals surface area contributed by atoms with Gasteiger partial charge in [-0.15, -0.1) is 0 Å². The van der Waals surface area contributed by atoms with Gasteiger partial charge in [0, 0.05) is 25.3 Å². The summed E-state index contributed by atoms with van der Waals surface area (Å²) in [6, 6.07) is 9.44. The standard InChI is InChI=1S/C16H21N3O4/c20-12-17-11-16(22)6-8-18(9-7-16)14-10-23-15(21)19(14)13-4-2-1-3-5-13/h1-5,12,14,22H,6-11H2,(H,17,20). The van der Waals surface area contributed by atoms with Gasteiger partial charge in [-0.3, -0.25) is 14.6 Å². The smallest absolute Gasteiger partial charge is 0.415 e. The van der Waals surface area contributed by atoms with Crippen molar-refractivity contribution in [1.82, 2.24) is 10.2 Å². The Balaban J connectivity index is 1.68. The van der Waals surface area contributed by atoms with Gasteiger partial charge in [0.05, 0.1) is 5.60 Å². The molecule has 2 heterocycles. The number of aliphatic hydroxyl groups is 1. The van der Waals surface area contributed by atoms with Crippen LogP contribution in [0.1, 0.15) is 12.8 Å². The number of carbonyl (C=O) groups is 2. The number of piperidine rings is 1. The van der Waals surface area contributed by atoms with Crippen LogP contribution in [0.5, 0.6) is 0 Å². The largest absolute Gasteiger partial charge is 0.445 e. The van der Waals surface area contributed by atoms with Crippen LogP contribution in [0.4, 0.5) is 10.5 Å². The van der Waals surface area contributed by atoms with Crippen molar-refractivity contribution >= 4 is 18.2 Å². The first-order chi connectivity index (χ1) is 11.1. The monoisotopic (exact) mass is 319 g/mol. The maximum Gasteiger partial charge on any atom is 0.415 e. The third-order valence-corrected chi connectivity index (χ3v) is 4.55. The normalized spacial score (nSPS) is 24.3. The molecule has 0 bridgehead atoms. The molecule has 124 valence electrons. The molecule has 2 fully saturated rings. The minimum absolute atomic E-state index is 0.159. The maximum atomic E-state index is 12.1. The van der Waals surface area contributed by atoms with E-state index in [1.807, 2.05) is 30.3 Å². The molecule has 0 saturated carbocycles. The number of hydrogen-bond acceptors (Lipinski definition) is 5. The number of nitrogens with one attached hydrogen (secondary N) is 1. The zero-order valence-corrected chi connectivity index (χ0v) is 12.9. The molecule has 1 unspecified atom stereocenters. The summed E-state index contributed by atoms with van der Waals surface area (Å²) in [7, 11) is 0. The van der Waals surface area contributed by atoms with Crippen molar-refractivity contribution in [3.63, 3.8) is 0 Å². The summed E-state index contributed by atoms with van der Waals surface area (Å²) in [5.74, 6) is 0. The molecule has 2 amide bonds. The number of amides is 2. The zero-order valence-electron chi connectivity index (χ0n) is 12.9. The van der Waals surface area contributed by atoms with Gasteiger partial charge in [0.2, 0.25) is 6.41 Å². The summed E-state index contributed by atoms with van der Waals surface area (Å²) < 4.78 is 5.23. The van der Waals surface area contributed by atoms with Crippen LogP contribution in [0.3, 0.4) is 0 Å². The molecular formula is C16H21N3O4. The van der Waals surface area contributed by atoms with Crippen LogP contribution in [0.15, 0.2) is 30.3 Å². The fraction of sp³-hybridized carbons (Fsp3) is 0.500. The molecule has 0 aliphatic carbocycles. The molecule has 2 N–H and O–H groups in total. The van der Waals surface area contributed by atoms with Crippen LogP contribution in [-0.4, -0.2) is 60.5 Å². The summed E-state index contributed by atoms with van der Waals surface area (Å²) in [6.07, 6.45) is 1.19. The Bertz CT molecular complexity index is 558. The van der Waals surface area contributed by atoms with Gasteiger partial charge in [-0.05, 0) is 25.0 Å². The molecule has 2 aliphatic rings. The van der Waals surface area contributed by atoms with Gasteiger partial charge in [0.15, 0.2) is 0 Å². The molecule has 7 nitrogen and oxygen atoms in total. The van der Waals surface area contributed by atoms with Gasteiger partial charge in [0.25, 0.3) is 0 Å². The Kier molecular flexibility index (Phi) is 4.49. The van der Waals surface area contributed by atoms with E-state index >= 15 is 0 Å². The van der Waals surface area contributed by atoms with Crippen molar-refractivity contribution in [1.29, 1.82) is 0 Å². The number of likely N-dealkylation sites (tertiary alicyclic amines) is 1. The molecule has 3 rings (SSSR count). The fourth-order valence-corrected chi connectivity index (χ4v) is 3.19. The van der Waals surface area contributed by atoms with Crippen LogP contribution in [-0.2, 0) is 9.53 Å². The average molecular weight is 319 g/mol. The van der Waals surface area contributed by atoms with Crippen LogP contribution in [0.25, 0.3) is 0 Å². The third-order valence-electron chi connectivity index (χ3n) is 4.55. The SMILES string of the molecule is O=CNCC1(O)CCN(C2COC(=O)N2c2ccccc2)CC1. The number of cyclic esters (lactones) is 1. The highest BCUT2D eigenvalue weighted by Gasteiger charge is 2.42. The number of para-hydroxylation sites is 1. The predicted octanol–water partition coefficient (Wildman–Crippen LogP) is 0.542. The molecule has 0 aromatic heterocycles. The molecular weight excluding hydrogens is 298 g/mol. The number of hydrogen-bond donors (Lipinski definition) is 2. The lowest BCUT2D eigenvalue weighted by atomic mass is 9.91. The summed E-state index contributed by atoms with van der Waals surface area (Å²) in [5, 5.41) is 13.0. The lowest BCUT2D eigenvalue weighted by Crippen LogP contribution is -2.56. The number of anilines is 1. The van der Waals surface area contributed by atoms with E-state index in [-0.39, 0.29) is 18.8 Å². The van der Waals surface area contributed by atoms with E-state index in [0.29, 0.717) is 38.9 Å². The number of benzene rings is 1. The first-order valence-electron chi connectivity index (χ1n) is 7.77. The first-order valence-corrected chi connectivity index (χ1v) is 7.77. The number of ether oxygens (including phenoxy) is 1. The highest BCUT2D eigenvalue weighted by molar-refractivity contribution is 5.90. The van der Waals surface area contributed by atoms with Gasteiger partial charge >= 0.3 is 6.09 Å². The van der Waals surface area contributed by atoms with E-state index in [1.165, 1.54) is 0 Å². The van der Waals surface area contributed by atoms with Gasteiger partial charge < -0.3 is 15.2 Å². The van der Waals surface area contributed by atoms with E-state index in [1.54, 1.807) is 4.90 Å². The average Bonchev–Trinajstić information content (AvgIpc) is 2.96. The lowest BCUT2D eigenvalue weighted by Gasteiger charge is -2.41. The molecule has 1 aromatic rings. The molecule has 0 radical (unpaired) electrons. The number of nitrogens with zero attached hydrogens (tertiary/aromatic N) is 2. The van der Waals surface area contributed by atoms with E-state index in [0.717, 1.165) is 5.69 Å². The molecule has 7 heteroatoms. The van der Waals surface area contributed by atoms with Crippen molar-refractivity contribution in [3.05, 3.63) is 30.3 Å². The Morgan fingerprint density at radius 3 is 2.65 bits per heavy atom. The summed E-state index contributed by atoms with van der Waals surface area (Å²) >= 11 is 0. The second-order valence-corrected chi connectivity index (χ2v) is 6.02. The summed E-state index contributed by atoms with van der Waals surface area (Å²) in [4.78, 5) is 26.3. The van der Waals surface area contributed by atoms with Gasteiger partial charge in [-0.1, -0.05) is 18.2 Å². The molecule has 1 atom stereocenters. The lowest BCUT2D eigenvalue weighted by molar-refractivity contribution is -0.111. The fourth-order valence-electron chi connectivity index (χ4n) is 3.19. The zero-order chi connectivity index (χ0) is 16.3. The van der Waals surface area contributed by atoms with Crippen molar-refractivity contribution in [3.8, 4) is 0 Å². The van der Waals surface area contributed by atoms with E-state index in [4.69, 9.17) is 4.74 Å². The van der Waals surface area contributed by atoms with E-state index in [2.05, 4.69) is 10.2 Å². The van der Waals surface area contributed by atoms with Gasteiger partial charge in [-0.2, -0.15) is 0 Å². The van der Waals surface area contributed by atoms with Crippen molar-refractivity contribution in [2.75, 3.05) is 31.1 Å². The van der Waals surface area contributed by atoms with Crippen LogP contribution >= 0.6 is 0 Å².